The summed E-state index contributed by atoms with van der Waals surface area (Å²) < 4.78 is 0. The fraction of sp³-hybridized carbons (Fsp3) is 0.364. The van der Waals surface area contributed by atoms with Crippen molar-refractivity contribution in [3.05, 3.63) is 29.8 Å². The van der Waals surface area contributed by atoms with E-state index >= 15 is 0 Å². The van der Waals surface area contributed by atoms with Gasteiger partial charge in [0, 0.05) is 18.8 Å². The van der Waals surface area contributed by atoms with E-state index in [0.717, 1.165) is 5.69 Å². The van der Waals surface area contributed by atoms with Crippen LogP contribution in [0.2, 0.25) is 0 Å². The van der Waals surface area contributed by atoms with Crippen molar-refractivity contribution in [1.82, 2.24) is 5.32 Å². The Morgan fingerprint density at radius 3 is 2.79 bits per heavy atom. The molecule has 0 unspecified atom stereocenters. The maximum Gasteiger partial charge on any atom is 0.254 e. The Labute approximate surface area is 84.5 Å². The van der Waals surface area contributed by atoms with Crippen molar-refractivity contribution in [2.24, 2.45) is 0 Å². The monoisotopic (exact) mass is 191 g/mol. The van der Waals surface area contributed by atoms with E-state index in [1.807, 2.05) is 26.0 Å². The van der Waals surface area contributed by atoms with Crippen LogP contribution in [0.1, 0.15) is 24.2 Å². The fourth-order valence-electron chi connectivity index (χ4n) is 1.17. The number of hydrogen-bond donors (Lipinski definition) is 2. The molecule has 0 aromatic heterocycles. The Morgan fingerprint density at radius 1 is 1.50 bits per heavy atom. The number of anilines is 1. The van der Waals surface area contributed by atoms with Crippen LogP contribution in [0.4, 0.5) is 5.69 Å². The lowest BCUT2D eigenvalue weighted by molar-refractivity contribution is 0.0943. The van der Waals surface area contributed by atoms with Crippen molar-refractivity contribution in [2.45, 2.75) is 19.9 Å². The van der Waals surface area contributed by atoms with E-state index in [1.165, 1.54) is 0 Å². The molecule has 0 heterocycles. The molecule has 2 N–H and O–H groups in total. The van der Waals surface area contributed by atoms with Gasteiger partial charge >= 0.3 is 0 Å². The molecule has 3 nitrogen and oxygen atoms in total. The minimum atomic E-state index is -0.0926. The third-order valence-electron chi connectivity index (χ3n) is 1.77. The highest BCUT2D eigenvalue weighted by atomic mass is 16.1. The molecule has 14 heavy (non-hydrogen) atoms. The molecule has 0 fully saturated rings. The molecule has 1 amide bonds. The van der Waals surface area contributed by atoms with Gasteiger partial charge in [-0.1, -0.05) is 12.1 Å². The van der Waals surface area contributed by atoms with E-state index in [-0.39, 0.29) is 11.9 Å². The van der Waals surface area contributed by atoms with Crippen molar-refractivity contribution in [3.63, 3.8) is 0 Å². The zero-order valence-corrected chi connectivity index (χ0v) is 8.72. The van der Waals surface area contributed by atoms with Crippen LogP contribution in [0.5, 0.6) is 0 Å². The quantitative estimate of drug-likeness (QED) is 0.763. The maximum absolute atomic E-state index is 11.7. The number of carbonyl (C=O) groups excluding carboxylic acids is 1. The SMILES string of the molecule is CNc1ccc[c]c1C(=O)NC(C)C. The fourth-order valence-corrected chi connectivity index (χ4v) is 1.17. The van der Waals surface area contributed by atoms with Crippen LogP contribution >= 0.6 is 0 Å². The summed E-state index contributed by atoms with van der Waals surface area (Å²) in [7, 11) is 1.79. The van der Waals surface area contributed by atoms with E-state index in [1.54, 1.807) is 13.1 Å². The van der Waals surface area contributed by atoms with E-state index in [0.29, 0.717) is 5.56 Å². The molecule has 0 atom stereocenters. The van der Waals surface area contributed by atoms with E-state index in [9.17, 15) is 4.79 Å². The van der Waals surface area contributed by atoms with Gasteiger partial charge in [0.25, 0.3) is 5.91 Å². The topological polar surface area (TPSA) is 41.1 Å². The highest BCUT2D eigenvalue weighted by molar-refractivity contribution is 5.99. The number of amides is 1. The molecule has 0 saturated heterocycles. The molecule has 1 rings (SSSR count). The smallest absolute Gasteiger partial charge is 0.254 e. The lowest BCUT2D eigenvalue weighted by Crippen LogP contribution is -2.30. The number of rotatable bonds is 3. The van der Waals surface area contributed by atoms with Gasteiger partial charge in [-0.3, -0.25) is 4.79 Å². The third-order valence-corrected chi connectivity index (χ3v) is 1.77. The first-order valence-electron chi connectivity index (χ1n) is 4.64. The van der Waals surface area contributed by atoms with Crippen LogP contribution in [0.15, 0.2) is 18.2 Å². The molecule has 0 spiro atoms. The molecule has 1 aromatic rings. The standard InChI is InChI=1S/C11H15N2O/c1-8(2)13-11(14)9-6-4-5-7-10(9)12-3/h4-5,7-8,12H,1-3H3,(H,13,14). The summed E-state index contributed by atoms with van der Waals surface area (Å²) in [5.74, 6) is -0.0926. The van der Waals surface area contributed by atoms with Gasteiger partial charge in [0.05, 0.1) is 5.56 Å². The number of benzene rings is 1. The normalized spacial score (nSPS) is 10.0. The van der Waals surface area contributed by atoms with Crippen molar-refractivity contribution in [2.75, 3.05) is 12.4 Å². The number of hydrogen-bond acceptors (Lipinski definition) is 2. The summed E-state index contributed by atoms with van der Waals surface area (Å²) in [6, 6.07) is 8.49. The zero-order chi connectivity index (χ0) is 10.6. The second-order valence-electron chi connectivity index (χ2n) is 3.34. The predicted molar refractivity (Wildman–Crippen MR) is 57.4 cm³/mol. The molecule has 0 bridgehead atoms. The molecular formula is C11H15N2O. The molecular weight excluding hydrogens is 176 g/mol. The molecule has 0 aliphatic rings. The molecule has 0 aliphatic heterocycles. The average molecular weight is 191 g/mol. The minimum absolute atomic E-state index is 0.0926. The minimum Gasteiger partial charge on any atom is -0.387 e. The van der Waals surface area contributed by atoms with Crippen LogP contribution in [-0.2, 0) is 0 Å². The molecule has 1 aromatic carbocycles. The third kappa shape index (κ3) is 2.49. The highest BCUT2D eigenvalue weighted by Crippen LogP contribution is 2.13. The van der Waals surface area contributed by atoms with Crippen molar-refractivity contribution in [1.29, 1.82) is 0 Å². The summed E-state index contributed by atoms with van der Waals surface area (Å²) >= 11 is 0. The van der Waals surface area contributed by atoms with Crippen LogP contribution in [0.25, 0.3) is 0 Å². The zero-order valence-electron chi connectivity index (χ0n) is 8.72. The molecule has 3 heteroatoms. The van der Waals surface area contributed by atoms with Gasteiger partial charge < -0.3 is 10.6 Å². The summed E-state index contributed by atoms with van der Waals surface area (Å²) in [4.78, 5) is 11.7. The summed E-state index contributed by atoms with van der Waals surface area (Å²) in [5.41, 5.74) is 1.36. The molecule has 0 saturated carbocycles. The molecule has 75 valence electrons. The first-order chi connectivity index (χ1) is 6.65. The Morgan fingerprint density at radius 2 is 2.21 bits per heavy atom. The summed E-state index contributed by atoms with van der Waals surface area (Å²) in [5, 5.41) is 5.78. The summed E-state index contributed by atoms with van der Waals surface area (Å²) in [6.45, 7) is 3.86. The van der Waals surface area contributed by atoms with Crippen LogP contribution in [0, 0.1) is 6.07 Å². The predicted octanol–water partition coefficient (Wildman–Crippen LogP) is 1.67. The summed E-state index contributed by atoms with van der Waals surface area (Å²) in [6.07, 6.45) is 0. The highest BCUT2D eigenvalue weighted by Gasteiger charge is 2.10. The average Bonchev–Trinajstić information content (AvgIpc) is 2.16. The number of nitrogens with one attached hydrogen (secondary N) is 2. The Hall–Kier alpha value is -1.51. The van der Waals surface area contributed by atoms with Crippen LogP contribution < -0.4 is 10.6 Å². The van der Waals surface area contributed by atoms with Gasteiger partial charge in [-0.2, -0.15) is 0 Å². The Balaban J connectivity index is 2.88. The number of carbonyl (C=O) groups is 1. The lowest BCUT2D eigenvalue weighted by atomic mass is 10.1. The van der Waals surface area contributed by atoms with Gasteiger partial charge in [-0.25, -0.2) is 0 Å². The first-order valence-corrected chi connectivity index (χ1v) is 4.64. The first kappa shape index (κ1) is 10.6. The van der Waals surface area contributed by atoms with E-state index in [2.05, 4.69) is 16.7 Å². The second-order valence-corrected chi connectivity index (χ2v) is 3.34. The van der Waals surface area contributed by atoms with Crippen LogP contribution in [-0.4, -0.2) is 19.0 Å². The van der Waals surface area contributed by atoms with Crippen molar-refractivity contribution < 1.29 is 4.79 Å². The van der Waals surface area contributed by atoms with Crippen molar-refractivity contribution in [3.8, 4) is 0 Å². The molecule has 1 radical (unpaired) electrons. The van der Waals surface area contributed by atoms with E-state index < -0.39 is 0 Å². The van der Waals surface area contributed by atoms with Crippen LogP contribution in [0.3, 0.4) is 0 Å². The van der Waals surface area contributed by atoms with Gasteiger partial charge in [0.1, 0.15) is 0 Å². The Kier molecular flexibility index (Phi) is 3.51. The van der Waals surface area contributed by atoms with Gasteiger partial charge in [0.2, 0.25) is 0 Å². The Bertz CT molecular complexity index is 321. The van der Waals surface area contributed by atoms with Gasteiger partial charge in [-0.05, 0) is 26.0 Å². The molecule has 0 aliphatic carbocycles. The van der Waals surface area contributed by atoms with Crippen molar-refractivity contribution >= 4 is 11.6 Å². The maximum atomic E-state index is 11.7. The largest absolute Gasteiger partial charge is 0.387 e. The van der Waals surface area contributed by atoms with Gasteiger partial charge in [-0.15, -0.1) is 0 Å². The second kappa shape index (κ2) is 4.65. The van der Waals surface area contributed by atoms with E-state index in [4.69, 9.17) is 0 Å². The lowest BCUT2D eigenvalue weighted by Gasteiger charge is -2.11. The van der Waals surface area contributed by atoms with Gasteiger partial charge in [0.15, 0.2) is 0 Å².